The Labute approximate surface area is 86.8 Å². The van der Waals surface area contributed by atoms with E-state index in [0.717, 1.165) is 5.57 Å². The lowest BCUT2D eigenvalue weighted by atomic mass is 9.91. The van der Waals surface area contributed by atoms with Crippen molar-refractivity contribution in [2.45, 2.75) is 17.7 Å². The van der Waals surface area contributed by atoms with E-state index in [1.54, 1.807) is 6.08 Å². The van der Waals surface area contributed by atoms with E-state index >= 15 is 0 Å². The molecule has 1 rings (SSSR count). The van der Waals surface area contributed by atoms with Crippen molar-refractivity contribution in [3.05, 3.63) is 23.8 Å². The number of allylic oxidation sites excluding steroid dienone is 2. The minimum Gasteiger partial charge on any atom is -0.481 e. The van der Waals surface area contributed by atoms with Crippen LogP contribution in [0.25, 0.3) is 0 Å². The van der Waals surface area contributed by atoms with Gasteiger partial charge in [0.25, 0.3) is 0 Å². The Morgan fingerprint density at radius 2 is 2.31 bits per heavy atom. The number of rotatable bonds is 2. The smallest absolute Gasteiger partial charge is 0.314 e. The molecule has 4 heteroatoms. The van der Waals surface area contributed by atoms with Crippen molar-refractivity contribution in [1.82, 2.24) is 0 Å². The van der Waals surface area contributed by atoms with Gasteiger partial charge in [-0.15, -0.1) is 0 Å². The van der Waals surface area contributed by atoms with Gasteiger partial charge < -0.3 is 5.11 Å². The molecule has 2 nitrogen and oxygen atoms in total. The largest absolute Gasteiger partial charge is 0.481 e. The molecule has 1 aliphatic rings. The Balaban J connectivity index is 2.95. The number of halogens is 2. The van der Waals surface area contributed by atoms with E-state index in [1.165, 1.54) is 12.2 Å². The summed E-state index contributed by atoms with van der Waals surface area (Å²) in [4.78, 5) is 10.8. The van der Waals surface area contributed by atoms with Crippen molar-refractivity contribution < 1.29 is 9.90 Å². The standard InChI is InChI=1S/C9H10Cl2O2/c1-2-6-5-9(10,11)4-3-7(6)8(12)13/h3-5,7H,2H2,1H3,(H,12,13). The molecule has 0 aromatic rings. The zero-order valence-electron chi connectivity index (χ0n) is 7.13. The normalized spacial score (nSPS) is 25.5. The lowest BCUT2D eigenvalue weighted by Crippen LogP contribution is -2.21. The zero-order valence-corrected chi connectivity index (χ0v) is 8.64. The van der Waals surface area contributed by atoms with Gasteiger partial charge in [-0.25, -0.2) is 0 Å². The topological polar surface area (TPSA) is 37.3 Å². The van der Waals surface area contributed by atoms with Crippen LogP contribution in [-0.4, -0.2) is 15.4 Å². The number of hydrogen-bond donors (Lipinski definition) is 1. The molecule has 0 spiro atoms. The fraction of sp³-hybridized carbons (Fsp3) is 0.444. The van der Waals surface area contributed by atoms with Crippen LogP contribution in [0.5, 0.6) is 0 Å². The third-order valence-corrected chi connectivity index (χ3v) is 2.43. The van der Waals surface area contributed by atoms with Crippen molar-refractivity contribution in [2.24, 2.45) is 5.92 Å². The molecule has 1 aliphatic carbocycles. The number of carbonyl (C=O) groups is 1. The predicted octanol–water partition coefficient (Wildman–Crippen LogP) is 2.77. The molecule has 0 aromatic carbocycles. The minimum atomic E-state index is -1.04. The highest BCUT2D eigenvalue weighted by Gasteiger charge is 2.28. The van der Waals surface area contributed by atoms with Gasteiger partial charge in [0.2, 0.25) is 0 Å². The zero-order chi connectivity index (χ0) is 10.1. The number of carboxylic acids is 1. The van der Waals surface area contributed by atoms with E-state index < -0.39 is 16.2 Å². The summed E-state index contributed by atoms with van der Waals surface area (Å²) in [7, 11) is 0. The second kappa shape index (κ2) is 3.72. The molecule has 0 aromatic heterocycles. The van der Waals surface area contributed by atoms with Crippen molar-refractivity contribution in [2.75, 3.05) is 0 Å². The predicted molar refractivity (Wildman–Crippen MR) is 53.1 cm³/mol. The molecular weight excluding hydrogens is 211 g/mol. The molecule has 0 saturated carbocycles. The second-order valence-electron chi connectivity index (χ2n) is 2.92. The van der Waals surface area contributed by atoms with Gasteiger partial charge in [-0.3, -0.25) is 4.79 Å². The maximum Gasteiger partial charge on any atom is 0.314 e. The SMILES string of the molecule is CCC1=CC(Cl)(Cl)C=CC1C(=O)O. The maximum absolute atomic E-state index is 10.8. The summed E-state index contributed by atoms with van der Waals surface area (Å²) >= 11 is 11.6. The average molecular weight is 221 g/mol. The molecule has 0 fully saturated rings. The van der Waals surface area contributed by atoms with Gasteiger partial charge in [0, 0.05) is 0 Å². The Hall–Kier alpha value is -0.470. The monoisotopic (exact) mass is 220 g/mol. The van der Waals surface area contributed by atoms with Crippen molar-refractivity contribution in [3.63, 3.8) is 0 Å². The van der Waals surface area contributed by atoms with Crippen molar-refractivity contribution in [1.29, 1.82) is 0 Å². The van der Waals surface area contributed by atoms with Crippen LogP contribution in [-0.2, 0) is 4.79 Å². The van der Waals surface area contributed by atoms with Crippen LogP contribution < -0.4 is 0 Å². The minimum absolute atomic E-state index is 0.573. The van der Waals surface area contributed by atoms with E-state index in [4.69, 9.17) is 28.3 Å². The average Bonchev–Trinajstić information content (AvgIpc) is 2.01. The fourth-order valence-electron chi connectivity index (χ4n) is 1.30. The Bertz CT molecular complexity index is 279. The highest BCUT2D eigenvalue weighted by molar-refractivity contribution is 6.51. The Kier molecular flexibility index (Phi) is 3.04. The van der Waals surface area contributed by atoms with Gasteiger partial charge in [0.15, 0.2) is 4.33 Å². The van der Waals surface area contributed by atoms with Crippen LogP contribution in [0.15, 0.2) is 23.8 Å². The van der Waals surface area contributed by atoms with Gasteiger partial charge >= 0.3 is 5.97 Å². The summed E-state index contributed by atoms with van der Waals surface area (Å²) in [6.45, 7) is 1.88. The molecule has 1 atom stereocenters. The van der Waals surface area contributed by atoms with Crippen LogP contribution in [0, 0.1) is 5.92 Å². The van der Waals surface area contributed by atoms with E-state index in [-0.39, 0.29) is 0 Å². The van der Waals surface area contributed by atoms with Gasteiger partial charge in [-0.05, 0) is 18.6 Å². The summed E-state index contributed by atoms with van der Waals surface area (Å²) < 4.78 is -1.04. The third-order valence-electron chi connectivity index (χ3n) is 1.96. The third kappa shape index (κ3) is 2.48. The van der Waals surface area contributed by atoms with Crippen molar-refractivity contribution >= 4 is 29.2 Å². The molecule has 0 bridgehead atoms. The first-order chi connectivity index (χ1) is 5.96. The maximum atomic E-state index is 10.8. The summed E-state index contributed by atoms with van der Waals surface area (Å²) in [6.07, 6.45) is 5.26. The van der Waals surface area contributed by atoms with Crippen LogP contribution in [0.3, 0.4) is 0 Å². The first-order valence-electron chi connectivity index (χ1n) is 3.98. The molecule has 0 amide bonds. The van der Waals surface area contributed by atoms with E-state index in [0.29, 0.717) is 6.42 Å². The first-order valence-corrected chi connectivity index (χ1v) is 4.73. The Morgan fingerprint density at radius 3 is 2.77 bits per heavy atom. The second-order valence-corrected chi connectivity index (χ2v) is 4.37. The van der Waals surface area contributed by atoms with E-state index in [1.807, 2.05) is 6.92 Å². The molecule has 13 heavy (non-hydrogen) atoms. The summed E-state index contributed by atoms with van der Waals surface area (Å²) in [5.74, 6) is -1.44. The first kappa shape index (κ1) is 10.6. The van der Waals surface area contributed by atoms with Crippen LogP contribution in [0.1, 0.15) is 13.3 Å². The summed E-state index contributed by atoms with van der Waals surface area (Å²) in [5.41, 5.74) is 0.750. The summed E-state index contributed by atoms with van der Waals surface area (Å²) in [5, 5.41) is 8.83. The van der Waals surface area contributed by atoms with Crippen LogP contribution in [0.4, 0.5) is 0 Å². The quantitative estimate of drug-likeness (QED) is 0.575. The highest BCUT2D eigenvalue weighted by atomic mass is 35.5. The van der Waals surface area contributed by atoms with Crippen molar-refractivity contribution in [3.8, 4) is 0 Å². The molecule has 0 aliphatic heterocycles. The number of carboxylic acid groups (broad SMARTS) is 1. The fourth-order valence-corrected chi connectivity index (χ4v) is 1.72. The van der Waals surface area contributed by atoms with Gasteiger partial charge in [0.1, 0.15) is 0 Å². The molecule has 0 heterocycles. The summed E-state index contributed by atoms with van der Waals surface area (Å²) in [6, 6.07) is 0. The number of alkyl halides is 2. The molecule has 72 valence electrons. The lowest BCUT2D eigenvalue weighted by molar-refractivity contribution is -0.139. The van der Waals surface area contributed by atoms with Crippen LogP contribution >= 0.6 is 23.2 Å². The Morgan fingerprint density at radius 1 is 1.69 bits per heavy atom. The molecule has 1 N–H and O–H groups in total. The van der Waals surface area contributed by atoms with Gasteiger partial charge in [-0.1, -0.05) is 41.8 Å². The lowest BCUT2D eigenvalue weighted by Gasteiger charge is -2.21. The van der Waals surface area contributed by atoms with Gasteiger partial charge in [0.05, 0.1) is 5.92 Å². The molecule has 0 saturated heterocycles. The molecular formula is C9H10Cl2O2. The van der Waals surface area contributed by atoms with E-state index in [9.17, 15) is 4.79 Å². The number of aliphatic carboxylic acids is 1. The molecule has 1 unspecified atom stereocenters. The molecule has 0 radical (unpaired) electrons. The van der Waals surface area contributed by atoms with Gasteiger partial charge in [-0.2, -0.15) is 0 Å². The van der Waals surface area contributed by atoms with E-state index in [2.05, 4.69) is 0 Å². The highest BCUT2D eigenvalue weighted by Crippen LogP contribution is 2.34. The number of hydrogen-bond acceptors (Lipinski definition) is 1. The van der Waals surface area contributed by atoms with Crippen LogP contribution in [0.2, 0.25) is 0 Å².